The third-order valence-electron chi connectivity index (χ3n) is 6.48. The van der Waals surface area contributed by atoms with Crippen LogP contribution in [0.3, 0.4) is 0 Å². The number of benzene rings is 1. The summed E-state index contributed by atoms with van der Waals surface area (Å²) in [4.78, 5) is 19.4. The average Bonchev–Trinajstić information content (AvgIpc) is 3.26. The number of hydrogen-bond donors (Lipinski definition) is 3. The molecule has 1 aromatic carbocycles. The smallest absolute Gasteiger partial charge is 0.405 e. The molecule has 0 bridgehead atoms. The summed E-state index contributed by atoms with van der Waals surface area (Å²) in [6.07, 6.45) is 2.84. The van der Waals surface area contributed by atoms with Crippen LogP contribution in [0.15, 0.2) is 36.7 Å². The number of aryl methyl sites for hydroxylation is 1. The number of alkyl halides is 3. The van der Waals surface area contributed by atoms with E-state index in [1.54, 1.807) is 10.7 Å². The number of hydrogen-bond acceptors (Lipinski definition) is 9. The van der Waals surface area contributed by atoms with Gasteiger partial charge in [0.2, 0.25) is 11.8 Å². The van der Waals surface area contributed by atoms with Gasteiger partial charge in [0.25, 0.3) is 0 Å². The van der Waals surface area contributed by atoms with Crippen LogP contribution in [-0.4, -0.2) is 37.1 Å². The summed E-state index contributed by atoms with van der Waals surface area (Å²) in [5.41, 5.74) is 7.09. The molecule has 0 radical (unpaired) electrons. The van der Waals surface area contributed by atoms with Gasteiger partial charge in [-0.3, -0.25) is 14.8 Å². The molecule has 4 N–H and O–H groups in total. The second-order valence-electron chi connectivity index (χ2n) is 9.32. The van der Waals surface area contributed by atoms with Crippen LogP contribution in [0, 0.1) is 16.0 Å². The molecule has 0 spiro atoms. The first kappa shape index (κ1) is 27.1. The van der Waals surface area contributed by atoms with Crippen molar-refractivity contribution in [2.75, 3.05) is 11.1 Å². The number of nitrogen functional groups attached to an aromatic ring is 1. The molecule has 0 unspecified atom stereocenters. The van der Waals surface area contributed by atoms with E-state index in [4.69, 9.17) is 5.73 Å². The van der Waals surface area contributed by atoms with E-state index in [1.165, 1.54) is 18.2 Å². The van der Waals surface area contributed by atoms with Gasteiger partial charge in [0.1, 0.15) is 11.4 Å². The van der Waals surface area contributed by atoms with Crippen molar-refractivity contribution in [3.8, 4) is 5.75 Å². The highest BCUT2D eigenvalue weighted by Crippen LogP contribution is 2.33. The molecule has 0 atom stereocenters. The third-order valence-corrected chi connectivity index (χ3v) is 6.48. The highest BCUT2D eigenvalue weighted by molar-refractivity contribution is 5.58. The zero-order valence-electron chi connectivity index (χ0n) is 20.7. The Morgan fingerprint density at radius 1 is 1.18 bits per heavy atom. The van der Waals surface area contributed by atoms with Crippen molar-refractivity contribution < 1.29 is 22.8 Å². The summed E-state index contributed by atoms with van der Waals surface area (Å²) in [5, 5.41) is 22.2. The number of aromatic nitrogens is 4. The van der Waals surface area contributed by atoms with E-state index in [1.807, 2.05) is 19.4 Å². The quantitative estimate of drug-likeness (QED) is 0.258. The van der Waals surface area contributed by atoms with Gasteiger partial charge in [-0.1, -0.05) is 18.2 Å². The van der Waals surface area contributed by atoms with Crippen molar-refractivity contribution >= 4 is 17.5 Å². The Labute approximate surface area is 216 Å². The predicted molar refractivity (Wildman–Crippen MR) is 133 cm³/mol. The second-order valence-corrected chi connectivity index (χ2v) is 9.32. The molecule has 11 nitrogen and oxygen atoms in total. The molecule has 3 aromatic rings. The van der Waals surface area contributed by atoms with Crippen molar-refractivity contribution in [1.82, 2.24) is 25.1 Å². The van der Waals surface area contributed by atoms with Crippen molar-refractivity contribution in [1.29, 1.82) is 0 Å². The van der Waals surface area contributed by atoms with Gasteiger partial charge in [-0.25, -0.2) is 4.98 Å². The molecule has 0 aliphatic heterocycles. The molecule has 2 heterocycles. The van der Waals surface area contributed by atoms with Crippen molar-refractivity contribution in [3.63, 3.8) is 0 Å². The van der Waals surface area contributed by atoms with Gasteiger partial charge in [0, 0.05) is 43.5 Å². The maximum atomic E-state index is 12.7. The SMILES string of the molecule is Cn1cc(CNC2CCC(Cc3nc(NCc4ccccc4OC(F)(F)F)nc(N)c3[N+](=O)[O-])CC2)cn1. The lowest BCUT2D eigenvalue weighted by molar-refractivity contribution is -0.385. The summed E-state index contributed by atoms with van der Waals surface area (Å²) < 4.78 is 44.0. The number of nitrogens with zero attached hydrogens (tertiary/aromatic N) is 5. The fourth-order valence-electron chi connectivity index (χ4n) is 4.66. The number of rotatable bonds is 10. The lowest BCUT2D eigenvalue weighted by atomic mass is 9.83. The van der Waals surface area contributed by atoms with Crippen LogP contribution < -0.4 is 21.1 Å². The minimum absolute atomic E-state index is 0.00302. The number of nitrogens with two attached hydrogens (primary N) is 1. The van der Waals surface area contributed by atoms with Crippen LogP contribution in [0.1, 0.15) is 42.5 Å². The maximum Gasteiger partial charge on any atom is 0.573 e. The minimum Gasteiger partial charge on any atom is -0.405 e. The van der Waals surface area contributed by atoms with Gasteiger partial charge in [-0.15, -0.1) is 13.2 Å². The van der Waals surface area contributed by atoms with E-state index in [-0.39, 0.29) is 46.9 Å². The lowest BCUT2D eigenvalue weighted by Gasteiger charge is -2.29. The molecule has 204 valence electrons. The Kier molecular flexibility index (Phi) is 8.29. The standard InChI is InChI=1S/C24H29F3N8O3/c1-34-14-16(12-31-34)11-29-18-8-6-15(7-9-18)10-19-21(35(36)37)22(28)33-23(32-19)30-13-17-4-2-3-5-20(17)38-24(25,26)27/h2-5,12,14-15,18,29H,6-11,13H2,1H3,(H3,28,30,32,33). The molecule has 1 saturated carbocycles. The Bertz CT molecular complexity index is 1260. The number of nitrogens with one attached hydrogen (secondary N) is 2. The van der Waals surface area contributed by atoms with Crippen molar-refractivity contribution in [2.24, 2.45) is 13.0 Å². The van der Waals surface area contributed by atoms with Crippen LogP contribution in [0.5, 0.6) is 5.75 Å². The molecule has 2 aromatic heterocycles. The first-order valence-corrected chi connectivity index (χ1v) is 12.2. The zero-order valence-corrected chi connectivity index (χ0v) is 20.7. The zero-order chi connectivity index (χ0) is 27.3. The molecule has 1 fully saturated rings. The second kappa shape index (κ2) is 11.6. The molecule has 0 amide bonds. The fourth-order valence-corrected chi connectivity index (χ4v) is 4.66. The summed E-state index contributed by atoms with van der Waals surface area (Å²) in [6.45, 7) is 0.625. The van der Waals surface area contributed by atoms with E-state index in [2.05, 4.69) is 30.4 Å². The van der Waals surface area contributed by atoms with E-state index in [9.17, 15) is 23.3 Å². The normalized spacial score (nSPS) is 17.8. The highest BCUT2D eigenvalue weighted by atomic mass is 19.4. The molecule has 1 aliphatic rings. The summed E-state index contributed by atoms with van der Waals surface area (Å²) in [6, 6.07) is 5.99. The Morgan fingerprint density at radius 3 is 2.58 bits per heavy atom. The average molecular weight is 535 g/mol. The third kappa shape index (κ3) is 7.31. The number of ether oxygens (including phenoxy) is 1. The van der Waals surface area contributed by atoms with E-state index < -0.39 is 11.3 Å². The van der Waals surface area contributed by atoms with E-state index >= 15 is 0 Å². The maximum absolute atomic E-state index is 12.7. The van der Waals surface area contributed by atoms with Crippen LogP contribution >= 0.6 is 0 Å². The van der Waals surface area contributed by atoms with Gasteiger partial charge < -0.3 is 21.1 Å². The molecule has 14 heteroatoms. The number of anilines is 2. The molecular formula is C24H29F3N8O3. The van der Waals surface area contributed by atoms with Gasteiger partial charge in [-0.05, 0) is 44.1 Å². The van der Waals surface area contributed by atoms with Gasteiger partial charge >= 0.3 is 12.0 Å². The van der Waals surface area contributed by atoms with Gasteiger partial charge in [0.05, 0.1) is 11.1 Å². The summed E-state index contributed by atoms with van der Waals surface area (Å²) in [5.74, 6) is -0.490. The van der Waals surface area contributed by atoms with E-state index in [0.717, 1.165) is 37.8 Å². The topological polar surface area (TPSA) is 146 Å². The Hall–Kier alpha value is -3.94. The first-order valence-electron chi connectivity index (χ1n) is 12.2. The Balaban J connectivity index is 1.40. The summed E-state index contributed by atoms with van der Waals surface area (Å²) in [7, 11) is 1.87. The molecule has 0 saturated heterocycles. The first-order chi connectivity index (χ1) is 18.1. The number of para-hydroxylation sites is 1. The van der Waals surface area contributed by atoms with Gasteiger partial charge in [0.15, 0.2) is 0 Å². The Morgan fingerprint density at radius 2 is 1.92 bits per heavy atom. The van der Waals surface area contributed by atoms with Crippen molar-refractivity contribution in [2.45, 2.75) is 57.6 Å². The van der Waals surface area contributed by atoms with Crippen LogP contribution in [0.4, 0.5) is 30.6 Å². The van der Waals surface area contributed by atoms with E-state index in [0.29, 0.717) is 12.5 Å². The van der Waals surface area contributed by atoms with Crippen LogP contribution in [0.2, 0.25) is 0 Å². The lowest BCUT2D eigenvalue weighted by Crippen LogP contribution is -2.33. The fraction of sp³-hybridized carbons (Fsp3) is 0.458. The molecule has 4 rings (SSSR count). The number of nitro groups is 1. The van der Waals surface area contributed by atoms with Crippen LogP contribution in [0.25, 0.3) is 0 Å². The highest BCUT2D eigenvalue weighted by Gasteiger charge is 2.32. The molecular weight excluding hydrogens is 505 g/mol. The summed E-state index contributed by atoms with van der Waals surface area (Å²) >= 11 is 0. The largest absolute Gasteiger partial charge is 0.573 e. The number of halogens is 3. The molecule has 1 aliphatic carbocycles. The monoisotopic (exact) mass is 534 g/mol. The minimum atomic E-state index is -4.84. The van der Waals surface area contributed by atoms with Crippen molar-refractivity contribution in [3.05, 3.63) is 63.6 Å². The van der Waals surface area contributed by atoms with Gasteiger partial charge in [-0.2, -0.15) is 10.1 Å². The predicted octanol–water partition coefficient (Wildman–Crippen LogP) is 4.10. The molecule has 38 heavy (non-hydrogen) atoms. The van der Waals surface area contributed by atoms with Crippen LogP contribution in [-0.2, 0) is 26.6 Å².